The maximum absolute atomic E-state index is 11.6. The lowest BCUT2D eigenvalue weighted by Gasteiger charge is -2.12. The summed E-state index contributed by atoms with van der Waals surface area (Å²) >= 11 is 0. The van der Waals surface area contributed by atoms with Crippen molar-refractivity contribution in [1.82, 2.24) is 5.32 Å². The summed E-state index contributed by atoms with van der Waals surface area (Å²) in [5.74, 6) is -1.08. The Morgan fingerprint density at radius 1 is 1.22 bits per heavy atom. The van der Waals surface area contributed by atoms with E-state index >= 15 is 0 Å². The molecule has 4 nitrogen and oxygen atoms in total. The van der Waals surface area contributed by atoms with E-state index in [0.29, 0.717) is 19.3 Å². The zero-order chi connectivity index (χ0) is 13.0. The Hall–Kier alpha value is -1.84. The van der Waals surface area contributed by atoms with Crippen LogP contribution in [0.4, 0.5) is 0 Å². The molecule has 0 aromatic heterocycles. The first-order valence-electron chi connectivity index (χ1n) is 6.21. The summed E-state index contributed by atoms with van der Waals surface area (Å²) in [5, 5.41) is 11.6. The van der Waals surface area contributed by atoms with Gasteiger partial charge in [-0.25, -0.2) is 4.79 Å². The molecule has 1 aliphatic rings. The smallest absolute Gasteiger partial charge is 0.329 e. The van der Waals surface area contributed by atoms with Crippen molar-refractivity contribution < 1.29 is 14.7 Å². The minimum atomic E-state index is -0.955. The van der Waals surface area contributed by atoms with E-state index in [9.17, 15) is 9.59 Å². The van der Waals surface area contributed by atoms with Gasteiger partial charge in [0.05, 0.1) is 0 Å². The van der Waals surface area contributed by atoms with Gasteiger partial charge in [0.15, 0.2) is 0 Å². The lowest BCUT2D eigenvalue weighted by Crippen LogP contribution is -2.42. The first-order valence-corrected chi connectivity index (χ1v) is 6.21. The van der Waals surface area contributed by atoms with Crippen LogP contribution >= 0.6 is 0 Å². The van der Waals surface area contributed by atoms with E-state index < -0.39 is 11.5 Å². The summed E-state index contributed by atoms with van der Waals surface area (Å²) in [5.41, 5.74) is 0.244. The highest BCUT2D eigenvalue weighted by Crippen LogP contribution is 2.35. The molecule has 2 rings (SSSR count). The molecule has 4 heteroatoms. The fraction of sp³-hybridized carbons (Fsp3) is 0.429. The minimum absolute atomic E-state index is 0.161. The van der Waals surface area contributed by atoms with Crippen molar-refractivity contribution in [1.29, 1.82) is 0 Å². The van der Waals surface area contributed by atoms with E-state index in [0.717, 1.165) is 12.8 Å². The maximum atomic E-state index is 11.6. The SMILES string of the molecule is O=C(CCCc1ccccc1)NC1(C(=O)O)CC1. The van der Waals surface area contributed by atoms with Gasteiger partial charge in [-0.1, -0.05) is 30.3 Å². The Labute approximate surface area is 106 Å². The van der Waals surface area contributed by atoms with Crippen LogP contribution < -0.4 is 5.32 Å². The summed E-state index contributed by atoms with van der Waals surface area (Å²) in [6.45, 7) is 0. The predicted molar refractivity (Wildman–Crippen MR) is 67.1 cm³/mol. The fourth-order valence-corrected chi connectivity index (χ4v) is 1.94. The third-order valence-corrected chi connectivity index (χ3v) is 3.25. The van der Waals surface area contributed by atoms with Gasteiger partial charge in [0.25, 0.3) is 0 Å². The molecule has 18 heavy (non-hydrogen) atoms. The van der Waals surface area contributed by atoms with Crippen molar-refractivity contribution in [3.8, 4) is 0 Å². The Bertz CT molecular complexity index is 438. The third kappa shape index (κ3) is 3.09. The van der Waals surface area contributed by atoms with Crippen LogP contribution in [-0.2, 0) is 16.0 Å². The topological polar surface area (TPSA) is 66.4 Å². The molecule has 0 atom stereocenters. The molecule has 1 saturated carbocycles. The second-order valence-electron chi connectivity index (χ2n) is 4.77. The number of carboxylic acids is 1. The molecule has 0 radical (unpaired) electrons. The molecule has 0 unspecified atom stereocenters. The zero-order valence-electron chi connectivity index (χ0n) is 10.2. The largest absolute Gasteiger partial charge is 0.480 e. The average molecular weight is 247 g/mol. The van der Waals surface area contributed by atoms with Crippen molar-refractivity contribution >= 4 is 11.9 Å². The molecule has 1 aliphatic carbocycles. The van der Waals surface area contributed by atoms with Crippen LogP contribution in [0.25, 0.3) is 0 Å². The number of rotatable bonds is 6. The predicted octanol–water partition coefficient (Wildman–Crippen LogP) is 1.74. The van der Waals surface area contributed by atoms with Gasteiger partial charge in [-0.15, -0.1) is 0 Å². The molecule has 1 aromatic carbocycles. The van der Waals surface area contributed by atoms with E-state index in [1.54, 1.807) is 0 Å². The summed E-state index contributed by atoms with van der Waals surface area (Å²) in [6.07, 6.45) is 3.06. The molecule has 96 valence electrons. The number of nitrogens with one attached hydrogen (secondary N) is 1. The average Bonchev–Trinajstić information content (AvgIpc) is 3.11. The monoisotopic (exact) mass is 247 g/mol. The van der Waals surface area contributed by atoms with E-state index in [2.05, 4.69) is 5.32 Å². The maximum Gasteiger partial charge on any atom is 0.329 e. The summed E-state index contributed by atoms with van der Waals surface area (Å²) in [4.78, 5) is 22.5. The van der Waals surface area contributed by atoms with Gasteiger partial charge >= 0.3 is 5.97 Å². The molecule has 1 fully saturated rings. The Morgan fingerprint density at radius 2 is 1.89 bits per heavy atom. The number of benzene rings is 1. The van der Waals surface area contributed by atoms with Crippen molar-refractivity contribution in [2.45, 2.75) is 37.6 Å². The van der Waals surface area contributed by atoms with E-state index in [1.807, 2.05) is 30.3 Å². The number of carbonyl (C=O) groups excluding carboxylic acids is 1. The molecule has 0 aliphatic heterocycles. The summed E-state index contributed by atoms with van der Waals surface area (Å²) in [7, 11) is 0. The number of aryl methyl sites for hydroxylation is 1. The van der Waals surface area contributed by atoms with Crippen LogP contribution in [0, 0.1) is 0 Å². The molecule has 0 heterocycles. The lowest BCUT2D eigenvalue weighted by molar-refractivity contribution is -0.143. The van der Waals surface area contributed by atoms with Crippen LogP contribution in [0.15, 0.2) is 30.3 Å². The van der Waals surface area contributed by atoms with E-state index in [-0.39, 0.29) is 5.91 Å². The molecule has 0 saturated heterocycles. The number of carbonyl (C=O) groups is 2. The number of carboxylic acid groups (broad SMARTS) is 1. The Kier molecular flexibility index (Phi) is 3.65. The first kappa shape index (κ1) is 12.6. The summed E-state index contributed by atoms with van der Waals surface area (Å²) < 4.78 is 0. The molecular weight excluding hydrogens is 230 g/mol. The third-order valence-electron chi connectivity index (χ3n) is 3.25. The van der Waals surface area contributed by atoms with Crippen molar-refractivity contribution in [3.63, 3.8) is 0 Å². The van der Waals surface area contributed by atoms with Gasteiger partial charge in [0, 0.05) is 6.42 Å². The second-order valence-corrected chi connectivity index (χ2v) is 4.77. The van der Waals surface area contributed by atoms with Crippen molar-refractivity contribution in [2.75, 3.05) is 0 Å². The Balaban J connectivity index is 1.71. The van der Waals surface area contributed by atoms with Gasteiger partial charge in [0.1, 0.15) is 5.54 Å². The van der Waals surface area contributed by atoms with Crippen LogP contribution in [0.2, 0.25) is 0 Å². The highest BCUT2D eigenvalue weighted by atomic mass is 16.4. The van der Waals surface area contributed by atoms with Gasteiger partial charge in [-0.3, -0.25) is 4.79 Å². The second kappa shape index (κ2) is 5.21. The van der Waals surface area contributed by atoms with E-state index in [4.69, 9.17) is 5.11 Å². The highest BCUT2D eigenvalue weighted by molar-refractivity contribution is 5.89. The quantitative estimate of drug-likeness (QED) is 0.804. The van der Waals surface area contributed by atoms with Gasteiger partial charge in [-0.05, 0) is 31.2 Å². The van der Waals surface area contributed by atoms with Crippen LogP contribution in [-0.4, -0.2) is 22.5 Å². The van der Waals surface area contributed by atoms with Crippen LogP contribution in [0.1, 0.15) is 31.2 Å². The van der Waals surface area contributed by atoms with E-state index in [1.165, 1.54) is 5.56 Å². The highest BCUT2D eigenvalue weighted by Gasteiger charge is 2.51. The normalized spacial score (nSPS) is 16.0. The molecule has 2 N–H and O–H groups in total. The van der Waals surface area contributed by atoms with Gasteiger partial charge < -0.3 is 10.4 Å². The number of hydrogen-bond acceptors (Lipinski definition) is 2. The zero-order valence-corrected chi connectivity index (χ0v) is 10.2. The Morgan fingerprint density at radius 3 is 2.44 bits per heavy atom. The molecule has 0 spiro atoms. The lowest BCUT2D eigenvalue weighted by atomic mass is 10.1. The van der Waals surface area contributed by atoms with Gasteiger partial charge in [0.2, 0.25) is 5.91 Å². The molecular formula is C14H17NO3. The standard InChI is InChI=1S/C14H17NO3/c16-12(15-14(9-10-14)13(17)18)8-4-7-11-5-2-1-3-6-11/h1-3,5-6H,4,7-10H2,(H,15,16)(H,17,18). The minimum Gasteiger partial charge on any atom is -0.480 e. The first-order chi connectivity index (χ1) is 8.62. The number of aliphatic carboxylic acids is 1. The number of amides is 1. The van der Waals surface area contributed by atoms with Crippen LogP contribution in [0.3, 0.4) is 0 Å². The van der Waals surface area contributed by atoms with Crippen LogP contribution in [0.5, 0.6) is 0 Å². The summed E-state index contributed by atoms with van der Waals surface area (Å²) in [6, 6.07) is 9.95. The number of hydrogen-bond donors (Lipinski definition) is 2. The van der Waals surface area contributed by atoms with Crippen molar-refractivity contribution in [3.05, 3.63) is 35.9 Å². The fourth-order valence-electron chi connectivity index (χ4n) is 1.94. The van der Waals surface area contributed by atoms with Gasteiger partial charge in [-0.2, -0.15) is 0 Å². The molecule has 1 amide bonds. The molecule has 0 bridgehead atoms. The molecule has 1 aromatic rings. The van der Waals surface area contributed by atoms with Crippen molar-refractivity contribution in [2.24, 2.45) is 0 Å².